The van der Waals surface area contributed by atoms with Gasteiger partial charge in [0.2, 0.25) is 22.3 Å². The molecule has 0 aliphatic carbocycles. The Labute approximate surface area is 149 Å². The molecule has 25 heavy (non-hydrogen) atoms. The highest BCUT2D eigenvalue weighted by Gasteiger charge is 2.25. The number of hydrogen-bond donors (Lipinski definition) is 0. The Hall–Kier alpha value is -1.93. The molecule has 1 aliphatic heterocycles. The second-order valence-corrected chi connectivity index (χ2v) is 8.19. The molecule has 8 heteroatoms. The first-order valence-corrected chi connectivity index (χ1v) is 10.2. The monoisotopic (exact) mass is 367 g/mol. The fraction of sp³-hybridized carbons (Fsp3) is 0.529. The third kappa shape index (κ3) is 6.13. The molecule has 7 nitrogen and oxygen atoms in total. The van der Waals surface area contributed by atoms with Crippen LogP contribution in [0.1, 0.15) is 12.0 Å². The van der Waals surface area contributed by atoms with Gasteiger partial charge in [0, 0.05) is 32.7 Å². The van der Waals surface area contributed by atoms with Crippen LogP contribution >= 0.6 is 0 Å². The van der Waals surface area contributed by atoms with E-state index >= 15 is 0 Å². The van der Waals surface area contributed by atoms with Crippen molar-refractivity contribution < 1.29 is 18.0 Å². The zero-order chi connectivity index (χ0) is 18.3. The predicted molar refractivity (Wildman–Crippen MR) is 95.4 cm³/mol. The summed E-state index contributed by atoms with van der Waals surface area (Å²) in [6, 6.07) is 9.85. The van der Waals surface area contributed by atoms with Crippen LogP contribution in [0.25, 0.3) is 0 Å². The zero-order valence-electron chi connectivity index (χ0n) is 14.5. The number of nitrogens with zero attached hydrogens (tertiary/aromatic N) is 3. The second-order valence-electron chi connectivity index (χ2n) is 6.21. The minimum absolute atomic E-state index is 0.144. The van der Waals surface area contributed by atoms with E-state index in [9.17, 15) is 18.0 Å². The second kappa shape index (κ2) is 8.96. The molecule has 2 rings (SSSR count). The van der Waals surface area contributed by atoms with Crippen molar-refractivity contribution in [2.75, 3.05) is 45.5 Å². The van der Waals surface area contributed by atoms with Gasteiger partial charge in [0.15, 0.2) is 0 Å². The van der Waals surface area contributed by atoms with Crippen LogP contribution in [0.4, 0.5) is 0 Å². The van der Waals surface area contributed by atoms with Gasteiger partial charge in [-0.3, -0.25) is 9.59 Å². The number of carbonyl (C=O) groups is 2. The Balaban J connectivity index is 1.87. The summed E-state index contributed by atoms with van der Waals surface area (Å²) in [5.74, 6) is -0.212. The SMILES string of the molecule is CS(=O)(=O)N(CCCc1ccccc1)CC(=O)N1CCN(C=O)CC1. The summed E-state index contributed by atoms with van der Waals surface area (Å²) < 4.78 is 25.2. The molecule has 1 aliphatic rings. The van der Waals surface area contributed by atoms with Gasteiger partial charge in [-0.1, -0.05) is 30.3 Å². The highest BCUT2D eigenvalue weighted by molar-refractivity contribution is 7.88. The fourth-order valence-corrected chi connectivity index (χ4v) is 3.60. The number of carbonyl (C=O) groups excluding carboxylic acids is 2. The maximum Gasteiger partial charge on any atom is 0.238 e. The van der Waals surface area contributed by atoms with Crippen LogP contribution < -0.4 is 0 Å². The number of piperazine rings is 1. The maximum atomic E-state index is 12.4. The van der Waals surface area contributed by atoms with E-state index in [2.05, 4.69) is 0 Å². The quantitative estimate of drug-likeness (QED) is 0.614. The summed E-state index contributed by atoms with van der Waals surface area (Å²) in [5.41, 5.74) is 1.15. The Morgan fingerprint density at radius 1 is 1.16 bits per heavy atom. The van der Waals surface area contributed by atoms with Crippen molar-refractivity contribution in [3.63, 3.8) is 0 Å². The van der Waals surface area contributed by atoms with Crippen molar-refractivity contribution in [3.05, 3.63) is 35.9 Å². The van der Waals surface area contributed by atoms with Crippen LogP contribution in [0.5, 0.6) is 0 Å². The van der Waals surface area contributed by atoms with Gasteiger partial charge in [0.25, 0.3) is 0 Å². The third-order valence-corrected chi connectivity index (χ3v) is 5.56. The molecule has 1 heterocycles. The van der Waals surface area contributed by atoms with Gasteiger partial charge in [-0.2, -0.15) is 4.31 Å². The molecule has 0 radical (unpaired) electrons. The Kier molecular flexibility index (Phi) is 6.95. The molecule has 138 valence electrons. The highest BCUT2D eigenvalue weighted by atomic mass is 32.2. The van der Waals surface area contributed by atoms with Crippen molar-refractivity contribution >= 4 is 22.3 Å². The van der Waals surface area contributed by atoms with Gasteiger partial charge in [-0.15, -0.1) is 0 Å². The van der Waals surface area contributed by atoms with Gasteiger partial charge >= 0.3 is 0 Å². The van der Waals surface area contributed by atoms with Crippen molar-refractivity contribution in [1.82, 2.24) is 14.1 Å². The summed E-state index contributed by atoms with van der Waals surface area (Å²) in [6.07, 6.45) is 3.32. The highest BCUT2D eigenvalue weighted by Crippen LogP contribution is 2.08. The van der Waals surface area contributed by atoms with E-state index < -0.39 is 10.0 Å². The Bertz CT molecular complexity index is 670. The lowest BCUT2D eigenvalue weighted by Crippen LogP contribution is -2.51. The number of sulfonamides is 1. The molecular weight excluding hydrogens is 342 g/mol. The van der Waals surface area contributed by atoms with E-state index in [4.69, 9.17) is 0 Å². The molecule has 1 aromatic rings. The first-order valence-electron chi connectivity index (χ1n) is 8.36. The summed E-state index contributed by atoms with van der Waals surface area (Å²) >= 11 is 0. The van der Waals surface area contributed by atoms with E-state index in [-0.39, 0.29) is 12.5 Å². The maximum absolute atomic E-state index is 12.4. The summed E-state index contributed by atoms with van der Waals surface area (Å²) in [4.78, 5) is 26.3. The minimum Gasteiger partial charge on any atom is -0.342 e. The predicted octanol–water partition coefficient (Wildman–Crippen LogP) is 0.181. The lowest BCUT2D eigenvalue weighted by Gasteiger charge is -2.33. The molecule has 1 fully saturated rings. The number of rotatable bonds is 8. The van der Waals surface area contributed by atoms with Gasteiger partial charge in [-0.25, -0.2) is 8.42 Å². The Morgan fingerprint density at radius 2 is 1.80 bits per heavy atom. The molecule has 0 N–H and O–H groups in total. The van der Waals surface area contributed by atoms with Crippen LogP contribution in [0.3, 0.4) is 0 Å². The molecule has 0 spiro atoms. The number of benzene rings is 1. The van der Waals surface area contributed by atoms with Crippen LogP contribution in [-0.2, 0) is 26.0 Å². The van der Waals surface area contributed by atoms with Crippen LogP contribution in [0, 0.1) is 0 Å². The summed E-state index contributed by atoms with van der Waals surface area (Å²) in [5, 5.41) is 0. The van der Waals surface area contributed by atoms with Crippen LogP contribution in [0.15, 0.2) is 30.3 Å². The molecule has 0 bridgehead atoms. The number of amides is 2. The van der Waals surface area contributed by atoms with Gasteiger partial charge < -0.3 is 9.80 Å². The smallest absolute Gasteiger partial charge is 0.238 e. The first-order chi connectivity index (χ1) is 11.9. The molecule has 0 unspecified atom stereocenters. The van der Waals surface area contributed by atoms with Crippen LogP contribution in [0.2, 0.25) is 0 Å². The lowest BCUT2D eigenvalue weighted by atomic mass is 10.1. The molecule has 0 aromatic heterocycles. The number of aryl methyl sites for hydroxylation is 1. The number of hydrogen-bond acceptors (Lipinski definition) is 4. The van der Waals surface area contributed by atoms with Crippen molar-refractivity contribution in [3.8, 4) is 0 Å². The molecule has 1 aromatic carbocycles. The van der Waals surface area contributed by atoms with E-state index in [0.717, 1.165) is 24.7 Å². The van der Waals surface area contributed by atoms with Crippen LogP contribution in [-0.4, -0.2) is 80.4 Å². The fourth-order valence-electron chi connectivity index (χ4n) is 2.79. The van der Waals surface area contributed by atoms with E-state index in [0.29, 0.717) is 39.1 Å². The summed E-state index contributed by atoms with van der Waals surface area (Å²) in [7, 11) is -3.45. The molecular formula is C17H25N3O4S. The standard InChI is InChI=1S/C17H25N3O4S/c1-25(23,24)20(9-5-8-16-6-3-2-4-7-16)14-17(22)19-12-10-18(15-21)11-13-19/h2-4,6-7,15H,5,8-14H2,1H3. The van der Waals surface area contributed by atoms with Crippen molar-refractivity contribution in [2.24, 2.45) is 0 Å². The largest absolute Gasteiger partial charge is 0.342 e. The minimum atomic E-state index is -3.45. The van der Waals surface area contributed by atoms with E-state index in [1.807, 2.05) is 30.3 Å². The molecule has 0 atom stereocenters. The van der Waals surface area contributed by atoms with Gasteiger partial charge in [0.1, 0.15) is 0 Å². The average molecular weight is 367 g/mol. The average Bonchev–Trinajstić information content (AvgIpc) is 2.61. The van der Waals surface area contributed by atoms with Crippen molar-refractivity contribution in [2.45, 2.75) is 12.8 Å². The third-order valence-electron chi connectivity index (χ3n) is 4.31. The van der Waals surface area contributed by atoms with Gasteiger partial charge in [0.05, 0.1) is 12.8 Å². The van der Waals surface area contributed by atoms with Crippen molar-refractivity contribution in [1.29, 1.82) is 0 Å². The normalized spacial score (nSPS) is 15.4. The topological polar surface area (TPSA) is 78.0 Å². The molecule has 2 amide bonds. The first kappa shape index (κ1) is 19.4. The molecule has 0 saturated carbocycles. The molecule has 1 saturated heterocycles. The van der Waals surface area contributed by atoms with E-state index in [1.165, 1.54) is 4.31 Å². The zero-order valence-corrected chi connectivity index (χ0v) is 15.3. The summed E-state index contributed by atoms with van der Waals surface area (Å²) in [6.45, 7) is 2.03. The lowest BCUT2D eigenvalue weighted by molar-refractivity contribution is -0.135. The van der Waals surface area contributed by atoms with Gasteiger partial charge in [-0.05, 0) is 18.4 Å². The van der Waals surface area contributed by atoms with E-state index in [1.54, 1.807) is 9.80 Å². The Morgan fingerprint density at radius 3 is 2.36 bits per heavy atom.